The van der Waals surface area contributed by atoms with Gasteiger partial charge in [0.2, 0.25) is 0 Å². The van der Waals surface area contributed by atoms with E-state index >= 15 is 0 Å². The fourth-order valence-electron chi connectivity index (χ4n) is 1.54. The predicted octanol–water partition coefficient (Wildman–Crippen LogP) is 3.29. The van der Waals surface area contributed by atoms with Gasteiger partial charge in [-0.2, -0.15) is 0 Å². The van der Waals surface area contributed by atoms with Gasteiger partial charge in [0.25, 0.3) is 0 Å². The number of para-hydroxylation sites is 1. The summed E-state index contributed by atoms with van der Waals surface area (Å²) in [6.45, 7) is 0. The second-order valence-corrected chi connectivity index (χ2v) is 3.29. The quantitative estimate of drug-likeness (QED) is 0.594. The van der Waals surface area contributed by atoms with E-state index in [0.29, 0.717) is 0 Å². The number of furan rings is 1. The molecule has 2 nitrogen and oxygen atoms in total. The van der Waals surface area contributed by atoms with Crippen LogP contribution in [0.25, 0.3) is 22.3 Å². The maximum atomic E-state index is 5.66. The summed E-state index contributed by atoms with van der Waals surface area (Å²) in [6.07, 6.45) is 3.51. The Morgan fingerprint density at radius 3 is 2.80 bits per heavy atom. The topological polar surface area (TPSA) is 26.0 Å². The normalized spacial score (nSPS) is 10.7. The summed E-state index contributed by atoms with van der Waals surface area (Å²) in [7, 11) is 0. The van der Waals surface area contributed by atoms with E-state index in [-0.39, 0.29) is 0 Å². The molecule has 3 aromatic rings. The summed E-state index contributed by atoms with van der Waals surface area (Å²) >= 11 is 0. The zero-order chi connectivity index (χ0) is 10.1. The lowest BCUT2D eigenvalue weighted by Crippen LogP contribution is -1.74. The summed E-state index contributed by atoms with van der Waals surface area (Å²) in [5.41, 5.74) is 1.81. The van der Waals surface area contributed by atoms with Crippen molar-refractivity contribution in [3.8, 4) is 11.3 Å². The van der Waals surface area contributed by atoms with Crippen LogP contribution in [0.3, 0.4) is 0 Å². The van der Waals surface area contributed by atoms with Crippen LogP contribution in [0.5, 0.6) is 0 Å². The van der Waals surface area contributed by atoms with Gasteiger partial charge < -0.3 is 4.42 Å². The molecule has 0 amide bonds. The molecule has 71 valence electrons. The molecule has 1 aromatic carbocycles. The minimum Gasteiger partial charge on any atom is -0.455 e. The van der Waals surface area contributed by atoms with Crippen LogP contribution in [0, 0.1) is 6.07 Å². The molecule has 0 fully saturated rings. The smallest absolute Gasteiger partial charge is 0.144 e. The molecular weight excluding hydrogens is 186 g/mol. The molecule has 2 aromatic heterocycles. The minimum absolute atomic E-state index is 0.740. The van der Waals surface area contributed by atoms with E-state index in [2.05, 4.69) is 11.1 Å². The molecule has 0 aliphatic heterocycles. The molecule has 0 spiro atoms. The van der Waals surface area contributed by atoms with E-state index in [4.69, 9.17) is 4.42 Å². The van der Waals surface area contributed by atoms with Gasteiger partial charge in [0, 0.05) is 29.4 Å². The lowest BCUT2D eigenvalue weighted by atomic mass is 10.2. The Morgan fingerprint density at radius 1 is 1.07 bits per heavy atom. The van der Waals surface area contributed by atoms with Crippen LogP contribution >= 0.6 is 0 Å². The Bertz CT molecular complexity index is 551. The number of pyridine rings is 1. The third-order valence-electron chi connectivity index (χ3n) is 2.27. The lowest BCUT2D eigenvalue weighted by molar-refractivity contribution is 0.630. The molecule has 1 radical (unpaired) electrons. The molecule has 0 saturated heterocycles. The van der Waals surface area contributed by atoms with Crippen molar-refractivity contribution in [3.63, 3.8) is 0 Å². The molecule has 0 bridgehead atoms. The molecule has 2 heteroatoms. The van der Waals surface area contributed by atoms with E-state index in [0.717, 1.165) is 22.3 Å². The van der Waals surface area contributed by atoms with Crippen LogP contribution in [-0.2, 0) is 0 Å². The van der Waals surface area contributed by atoms with Gasteiger partial charge in [-0.1, -0.05) is 18.2 Å². The molecule has 2 heterocycles. The van der Waals surface area contributed by atoms with E-state index in [1.165, 1.54) is 0 Å². The van der Waals surface area contributed by atoms with Crippen molar-refractivity contribution in [1.29, 1.82) is 0 Å². The molecule has 0 unspecified atom stereocenters. The number of fused-ring (bicyclic) bond motifs is 1. The van der Waals surface area contributed by atoms with Crippen LogP contribution in [0.4, 0.5) is 0 Å². The first kappa shape index (κ1) is 8.24. The van der Waals surface area contributed by atoms with Crippen LogP contribution in [-0.4, -0.2) is 4.98 Å². The Labute approximate surface area is 87.2 Å². The average molecular weight is 194 g/mol. The highest BCUT2D eigenvalue weighted by atomic mass is 16.3. The molecule has 3 rings (SSSR count). The van der Waals surface area contributed by atoms with Gasteiger partial charge in [-0.3, -0.25) is 4.98 Å². The van der Waals surface area contributed by atoms with Gasteiger partial charge >= 0.3 is 0 Å². The Kier molecular flexibility index (Phi) is 1.78. The van der Waals surface area contributed by atoms with Crippen molar-refractivity contribution in [2.24, 2.45) is 0 Å². The van der Waals surface area contributed by atoms with Crippen molar-refractivity contribution in [2.75, 3.05) is 0 Å². The number of aromatic nitrogens is 1. The van der Waals surface area contributed by atoms with Gasteiger partial charge in [-0.25, -0.2) is 0 Å². The first-order valence-corrected chi connectivity index (χ1v) is 4.75. The third-order valence-corrected chi connectivity index (χ3v) is 2.27. The summed E-state index contributed by atoms with van der Waals surface area (Å²) in [6, 6.07) is 14.9. The molecule has 0 N–H and O–H groups in total. The molecule has 15 heavy (non-hydrogen) atoms. The summed E-state index contributed by atoms with van der Waals surface area (Å²) < 4.78 is 5.66. The van der Waals surface area contributed by atoms with E-state index < -0.39 is 0 Å². The van der Waals surface area contributed by atoms with Gasteiger partial charge in [0.05, 0.1) is 0 Å². The van der Waals surface area contributed by atoms with Crippen molar-refractivity contribution in [2.45, 2.75) is 0 Å². The Balaban J connectivity index is 2.21. The summed E-state index contributed by atoms with van der Waals surface area (Å²) in [4.78, 5) is 4.05. The number of benzene rings is 1. The first-order valence-electron chi connectivity index (χ1n) is 4.75. The third kappa shape index (κ3) is 1.40. The van der Waals surface area contributed by atoms with Gasteiger partial charge in [-0.15, -0.1) is 0 Å². The van der Waals surface area contributed by atoms with E-state index in [9.17, 15) is 0 Å². The van der Waals surface area contributed by atoms with Gasteiger partial charge in [-0.05, 0) is 18.2 Å². The van der Waals surface area contributed by atoms with Crippen LogP contribution in [0.15, 0.2) is 53.2 Å². The highest BCUT2D eigenvalue weighted by Crippen LogP contribution is 2.25. The highest BCUT2D eigenvalue weighted by Gasteiger charge is 2.05. The molecule has 0 atom stereocenters. The highest BCUT2D eigenvalue weighted by molar-refractivity contribution is 5.81. The van der Waals surface area contributed by atoms with E-state index in [1.807, 2.05) is 36.4 Å². The minimum atomic E-state index is 0.740. The fraction of sp³-hybridized carbons (Fsp3) is 0. The standard InChI is InChI=1S/C13H8NO/c1-2-6-12-10(4-1)8-13(15-12)11-5-3-7-14-9-11/h1-7,9H. The van der Waals surface area contributed by atoms with Crippen LogP contribution < -0.4 is 0 Å². The van der Waals surface area contributed by atoms with Gasteiger partial charge in [0.1, 0.15) is 11.3 Å². The zero-order valence-corrected chi connectivity index (χ0v) is 7.97. The predicted molar refractivity (Wildman–Crippen MR) is 58.3 cm³/mol. The van der Waals surface area contributed by atoms with Crippen LogP contribution in [0.1, 0.15) is 0 Å². The second-order valence-electron chi connectivity index (χ2n) is 3.29. The average Bonchev–Trinajstić information content (AvgIpc) is 2.74. The number of hydrogen-bond acceptors (Lipinski definition) is 2. The Hall–Kier alpha value is -2.09. The number of nitrogens with zero attached hydrogens (tertiary/aromatic N) is 1. The maximum absolute atomic E-state index is 5.66. The van der Waals surface area contributed by atoms with E-state index in [1.54, 1.807) is 12.4 Å². The molecule has 0 saturated carbocycles. The van der Waals surface area contributed by atoms with Gasteiger partial charge in [0.15, 0.2) is 0 Å². The lowest BCUT2D eigenvalue weighted by Gasteiger charge is -1.92. The van der Waals surface area contributed by atoms with Crippen molar-refractivity contribution < 1.29 is 4.42 Å². The van der Waals surface area contributed by atoms with Crippen molar-refractivity contribution in [3.05, 3.63) is 54.9 Å². The summed E-state index contributed by atoms with van der Waals surface area (Å²) in [5.74, 6) is 0.740. The molecular formula is C13H8NO. The SMILES string of the molecule is [c]1c(-c2cccnc2)oc2ccccc12. The van der Waals surface area contributed by atoms with Crippen LogP contribution in [0.2, 0.25) is 0 Å². The number of hydrogen-bond donors (Lipinski definition) is 0. The Morgan fingerprint density at radius 2 is 2.00 bits per heavy atom. The zero-order valence-electron chi connectivity index (χ0n) is 7.97. The second kappa shape index (κ2) is 3.24. The largest absolute Gasteiger partial charge is 0.455 e. The summed E-state index contributed by atoms with van der Waals surface area (Å²) in [5, 5.41) is 0.997. The maximum Gasteiger partial charge on any atom is 0.144 e. The molecule has 0 aliphatic carbocycles. The monoisotopic (exact) mass is 194 g/mol. The van der Waals surface area contributed by atoms with Crippen molar-refractivity contribution in [1.82, 2.24) is 4.98 Å². The number of rotatable bonds is 1. The fourth-order valence-corrected chi connectivity index (χ4v) is 1.54. The van der Waals surface area contributed by atoms with Crippen molar-refractivity contribution >= 4 is 11.0 Å². The molecule has 0 aliphatic rings. The first-order chi connectivity index (χ1) is 7.43.